The maximum atomic E-state index is 10.8. The molecule has 5 nitrogen and oxygen atoms in total. The first-order valence-corrected chi connectivity index (χ1v) is 4.46. The third-order valence-electron chi connectivity index (χ3n) is 2.31. The number of carbonyl (C=O) groups excluding carboxylic acids is 2. The molecule has 1 aliphatic heterocycles. The summed E-state index contributed by atoms with van der Waals surface area (Å²) >= 11 is 0. The van der Waals surface area contributed by atoms with Gasteiger partial charge in [-0.05, 0) is 12.8 Å². The second kappa shape index (κ2) is 3.16. The molecule has 0 bridgehead atoms. The maximum Gasteiger partial charge on any atom is 0.316 e. The van der Waals surface area contributed by atoms with Gasteiger partial charge in [0, 0.05) is 0 Å². The Bertz CT molecular complexity index is 261. The molecule has 13 heavy (non-hydrogen) atoms. The Morgan fingerprint density at radius 1 is 1.08 bits per heavy atom. The fraction of sp³-hybridized carbons (Fsp3) is 0.625. The summed E-state index contributed by atoms with van der Waals surface area (Å²) in [5.74, 6) is -0.907. The van der Waals surface area contributed by atoms with Gasteiger partial charge in [-0.25, -0.2) is 4.99 Å². The molecule has 0 aromatic rings. The van der Waals surface area contributed by atoms with Gasteiger partial charge in [-0.1, -0.05) is 12.8 Å². The summed E-state index contributed by atoms with van der Waals surface area (Å²) in [6.07, 6.45) is 4.47. The third-order valence-corrected chi connectivity index (χ3v) is 2.31. The lowest BCUT2D eigenvalue weighted by Crippen LogP contribution is -2.27. The average Bonchev–Trinajstić information content (AvgIpc) is 2.64. The second-order valence-electron chi connectivity index (χ2n) is 3.32. The highest BCUT2D eigenvalue weighted by molar-refractivity contribution is 6.45. The van der Waals surface area contributed by atoms with Crippen molar-refractivity contribution in [3.8, 4) is 0 Å². The fourth-order valence-corrected chi connectivity index (χ4v) is 1.64. The minimum absolute atomic E-state index is 0.272. The van der Waals surface area contributed by atoms with E-state index in [9.17, 15) is 9.59 Å². The van der Waals surface area contributed by atoms with E-state index in [2.05, 4.69) is 15.6 Å². The molecule has 0 unspecified atom stereocenters. The molecule has 0 aromatic heterocycles. The number of hydrogen-bond acceptors (Lipinski definition) is 3. The zero-order chi connectivity index (χ0) is 9.26. The summed E-state index contributed by atoms with van der Waals surface area (Å²) in [7, 11) is 0. The summed E-state index contributed by atoms with van der Waals surface area (Å²) in [5.41, 5.74) is 0. The van der Waals surface area contributed by atoms with Crippen LogP contribution in [0.2, 0.25) is 0 Å². The number of amides is 2. The largest absolute Gasteiger partial charge is 0.316 e. The highest BCUT2D eigenvalue weighted by Crippen LogP contribution is 2.20. The van der Waals surface area contributed by atoms with Gasteiger partial charge in [0.05, 0.1) is 6.04 Å². The van der Waals surface area contributed by atoms with E-state index in [0.29, 0.717) is 5.96 Å². The highest BCUT2D eigenvalue weighted by atomic mass is 16.2. The summed E-state index contributed by atoms with van der Waals surface area (Å²) < 4.78 is 0. The van der Waals surface area contributed by atoms with Crippen LogP contribution in [0.4, 0.5) is 0 Å². The fourth-order valence-electron chi connectivity index (χ4n) is 1.64. The summed E-state index contributed by atoms with van der Waals surface area (Å²) in [5, 5.41) is 4.76. The van der Waals surface area contributed by atoms with Gasteiger partial charge < -0.3 is 0 Å². The minimum atomic E-state index is -0.614. The number of rotatable bonds is 1. The van der Waals surface area contributed by atoms with Crippen molar-refractivity contribution in [2.45, 2.75) is 31.7 Å². The van der Waals surface area contributed by atoms with E-state index >= 15 is 0 Å². The Labute approximate surface area is 75.6 Å². The van der Waals surface area contributed by atoms with Crippen LogP contribution in [0.25, 0.3) is 0 Å². The van der Waals surface area contributed by atoms with Gasteiger partial charge in [-0.3, -0.25) is 20.2 Å². The number of nitrogens with one attached hydrogen (secondary N) is 2. The molecule has 2 aliphatic rings. The van der Waals surface area contributed by atoms with Crippen LogP contribution in [-0.4, -0.2) is 23.8 Å². The van der Waals surface area contributed by atoms with E-state index < -0.39 is 11.8 Å². The standard InChI is InChI=1S/C8H11N3O2/c12-6-7(13)11-8(10-6)9-5-3-1-2-4-5/h5H,1-4H2,(H2,9,10,11,12,13). The van der Waals surface area contributed by atoms with Gasteiger partial charge in [0.25, 0.3) is 0 Å². The van der Waals surface area contributed by atoms with Crippen LogP contribution in [0.3, 0.4) is 0 Å². The van der Waals surface area contributed by atoms with Crippen molar-refractivity contribution >= 4 is 17.8 Å². The van der Waals surface area contributed by atoms with Gasteiger partial charge in [-0.15, -0.1) is 0 Å². The molecule has 2 fully saturated rings. The molecule has 0 radical (unpaired) electrons. The van der Waals surface area contributed by atoms with E-state index in [4.69, 9.17) is 0 Å². The van der Waals surface area contributed by atoms with E-state index in [-0.39, 0.29) is 6.04 Å². The zero-order valence-electron chi connectivity index (χ0n) is 7.17. The first-order chi connectivity index (χ1) is 6.25. The molecule has 1 saturated carbocycles. The van der Waals surface area contributed by atoms with E-state index in [1.165, 1.54) is 12.8 Å². The first kappa shape index (κ1) is 8.22. The van der Waals surface area contributed by atoms with Crippen LogP contribution in [0, 0.1) is 0 Å². The molecular weight excluding hydrogens is 170 g/mol. The van der Waals surface area contributed by atoms with Crippen LogP contribution < -0.4 is 10.6 Å². The van der Waals surface area contributed by atoms with Crippen molar-refractivity contribution in [3.63, 3.8) is 0 Å². The molecule has 2 N–H and O–H groups in total. The quantitative estimate of drug-likeness (QED) is 0.537. The SMILES string of the molecule is O=C1NC(=NC2CCCC2)NC1=O. The monoisotopic (exact) mass is 181 g/mol. The number of hydrogen-bond donors (Lipinski definition) is 2. The third kappa shape index (κ3) is 1.68. The number of carbonyl (C=O) groups is 2. The van der Waals surface area contributed by atoms with Gasteiger partial charge in [0.2, 0.25) is 5.96 Å². The van der Waals surface area contributed by atoms with Gasteiger partial charge >= 0.3 is 11.8 Å². The van der Waals surface area contributed by atoms with Gasteiger partial charge in [-0.2, -0.15) is 0 Å². The van der Waals surface area contributed by atoms with Crippen molar-refractivity contribution in [2.24, 2.45) is 4.99 Å². The lowest BCUT2D eigenvalue weighted by molar-refractivity contribution is -0.135. The van der Waals surface area contributed by atoms with Crippen LogP contribution in [-0.2, 0) is 9.59 Å². The molecule has 70 valence electrons. The van der Waals surface area contributed by atoms with Gasteiger partial charge in [0.1, 0.15) is 0 Å². The van der Waals surface area contributed by atoms with Crippen molar-refractivity contribution in [3.05, 3.63) is 0 Å². The van der Waals surface area contributed by atoms with Crippen molar-refractivity contribution < 1.29 is 9.59 Å². The van der Waals surface area contributed by atoms with Crippen molar-refractivity contribution in [2.75, 3.05) is 0 Å². The van der Waals surface area contributed by atoms with Crippen LogP contribution >= 0.6 is 0 Å². The smallest absolute Gasteiger partial charge is 0.288 e. The topological polar surface area (TPSA) is 70.6 Å². The normalized spacial score (nSPS) is 23.2. The molecule has 1 saturated heterocycles. The molecular formula is C8H11N3O2. The Kier molecular flexibility index (Phi) is 2.00. The molecule has 0 spiro atoms. The van der Waals surface area contributed by atoms with Crippen LogP contribution in [0.15, 0.2) is 4.99 Å². The molecule has 2 amide bonds. The summed E-state index contributed by atoms with van der Waals surface area (Å²) in [6.45, 7) is 0. The predicted octanol–water partition coefficient (Wildman–Crippen LogP) is -0.469. The average molecular weight is 181 g/mol. The minimum Gasteiger partial charge on any atom is -0.288 e. The molecule has 2 rings (SSSR count). The summed E-state index contributed by atoms with van der Waals surface area (Å²) in [4.78, 5) is 25.7. The molecule has 5 heteroatoms. The zero-order valence-corrected chi connectivity index (χ0v) is 7.17. The Hall–Kier alpha value is -1.39. The maximum absolute atomic E-state index is 10.8. The molecule has 1 aliphatic carbocycles. The first-order valence-electron chi connectivity index (χ1n) is 4.46. The molecule has 0 atom stereocenters. The lowest BCUT2D eigenvalue weighted by atomic mass is 10.3. The second-order valence-corrected chi connectivity index (χ2v) is 3.32. The summed E-state index contributed by atoms with van der Waals surface area (Å²) in [6, 6.07) is 0.272. The van der Waals surface area contributed by atoms with Crippen molar-refractivity contribution in [1.29, 1.82) is 0 Å². The van der Waals surface area contributed by atoms with Crippen molar-refractivity contribution in [1.82, 2.24) is 10.6 Å². The Morgan fingerprint density at radius 2 is 1.62 bits per heavy atom. The molecule has 0 aromatic carbocycles. The highest BCUT2D eigenvalue weighted by Gasteiger charge is 2.26. The van der Waals surface area contributed by atoms with E-state index in [0.717, 1.165) is 12.8 Å². The van der Waals surface area contributed by atoms with E-state index in [1.807, 2.05) is 0 Å². The van der Waals surface area contributed by atoms with E-state index in [1.54, 1.807) is 0 Å². The molecule has 1 heterocycles. The number of nitrogens with zero attached hydrogens (tertiary/aromatic N) is 1. The Morgan fingerprint density at radius 3 is 2.15 bits per heavy atom. The predicted molar refractivity (Wildman–Crippen MR) is 46.0 cm³/mol. The number of aliphatic imine (C=N–C) groups is 1. The Balaban J connectivity index is 2.01. The van der Waals surface area contributed by atoms with Crippen LogP contribution in [0.1, 0.15) is 25.7 Å². The van der Waals surface area contributed by atoms with Crippen LogP contribution in [0.5, 0.6) is 0 Å². The number of guanidine groups is 1. The lowest BCUT2D eigenvalue weighted by Gasteiger charge is -2.02. The van der Waals surface area contributed by atoms with Gasteiger partial charge in [0.15, 0.2) is 0 Å².